The second-order valence-corrected chi connectivity index (χ2v) is 6.07. The Bertz CT molecular complexity index is 663. The monoisotopic (exact) mass is 313 g/mol. The number of ether oxygens (including phenoxy) is 1. The summed E-state index contributed by atoms with van der Waals surface area (Å²) in [6.45, 7) is 5.70. The molecule has 23 heavy (non-hydrogen) atoms. The first-order valence-electron chi connectivity index (χ1n) is 8.04. The number of amides is 1. The summed E-state index contributed by atoms with van der Waals surface area (Å²) in [5.41, 5.74) is 1.92. The molecule has 0 bridgehead atoms. The average molecular weight is 313 g/mol. The van der Waals surface area contributed by atoms with Crippen molar-refractivity contribution in [3.05, 3.63) is 47.5 Å². The molecule has 1 amide bonds. The van der Waals surface area contributed by atoms with Gasteiger partial charge in [-0.15, -0.1) is 0 Å². The number of carbonyl (C=O) groups excluding carboxylic acids is 1. The number of carbonyl (C=O) groups is 1. The quantitative estimate of drug-likeness (QED) is 0.875. The van der Waals surface area contributed by atoms with E-state index >= 15 is 0 Å². The smallest absolute Gasteiger partial charge is 0.253 e. The van der Waals surface area contributed by atoms with Gasteiger partial charge in [0.15, 0.2) is 0 Å². The van der Waals surface area contributed by atoms with Crippen LogP contribution in [0.5, 0.6) is 5.75 Å². The molecule has 0 radical (unpaired) electrons. The fourth-order valence-corrected chi connectivity index (χ4v) is 3.36. The van der Waals surface area contributed by atoms with Crippen LogP contribution >= 0.6 is 0 Å². The van der Waals surface area contributed by atoms with E-state index in [1.54, 1.807) is 7.11 Å². The van der Waals surface area contributed by atoms with Crippen LogP contribution in [-0.2, 0) is 0 Å². The van der Waals surface area contributed by atoms with Crippen LogP contribution in [0.3, 0.4) is 0 Å². The maximum absolute atomic E-state index is 12.6. The largest absolute Gasteiger partial charge is 0.497 e. The Morgan fingerprint density at radius 1 is 1.17 bits per heavy atom. The Morgan fingerprint density at radius 2 is 1.83 bits per heavy atom. The second-order valence-electron chi connectivity index (χ2n) is 6.07. The van der Waals surface area contributed by atoms with E-state index in [2.05, 4.69) is 16.5 Å². The zero-order valence-electron chi connectivity index (χ0n) is 14.0. The van der Waals surface area contributed by atoms with Crippen molar-refractivity contribution in [1.29, 1.82) is 0 Å². The third kappa shape index (κ3) is 3.09. The molecule has 0 saturated carbocycles. The molecule has 2 heterocycles. The Balaban J connectivity index is 1.65. The first kappa shape index (κ1) is 15.6. The Labute approximate surface area is 136 Å². The SMILES string of the molecule is COc1ccc(C(=O)N2CCC(n3c(C)cnc3C)CC2)cc1. The summed E-state index contributed by atoms with van der Waals surface area (Å²) in [6.07, 6.45) is 3.87. The zero-order chi connectivity index (χ0) is 16.4. The van der Waals surface area contributed by atoms with E-state index in [0.717, 1.165) is 43.1 Å². The number of piperidine rings is 1. The van der Waals surface area contributed by atoms with Crippen LogP contribution in [0.15, 0.2) is 30.5 Å². The van der Waals surface area contributed by atoms with E-state index in [0.29, 0.717) is 6.04 Å². The summed E-state index contributed by atoms with van der Waals surface area (Å²) in [5, 5.41) is 0. The van der Waals surface area contributed by atoms with Gasteiger partial charge in [-0.25, -0.2) is 4.98 Å². The molecule has 3 rings (SSSR count). The highest BCUT2D eigenvalue weighted by molar-refractivity contribution is 5.94. The van der Waals surface area contributed by atoms with Gasteiger partial charge in [-0.05, 0) is 51.0 Å². The minimum atomic E-state index is 0.102. The molecule has 5 heteroatoms. The fraction of sp³-hybridized carbons (Fsp3) is 0.444. The highest BCUT2D eigenvalue weighted by Gasteiger charge is 2.25. The Kier molecular flexibility index (Phi) is 4.37. The van der Waals surface area contributed by atoms with Gasteiger partial charge < -0.3 is 14.2 Å². The molecule has 0 N–H and O–H groups in total. The van der Waals surface area contributed by atoms with Crippen molar-refractivity contribution in [2.24, 2.45) is 0 Å². The molecule has 1 aromatic carbocycles. The van der Waals surface area contributed by atoms with Gasteiger partial charge in [0.1, 0.15) is 11.6 Å². The van der Waals surface area contributed by atoms with Crippen molar-refractivity contribution < 1.29 is 9.53 Å². The van der Waals surface area contributed by atoms with Gasteiger partial charge in [-0.1, -0.05) is 0 Å². The second kappa shape index (κ2) is 6.44. The normalized spacial score (nSPS) is 15.7. The van der Waals surface area contributed by atoms with Crippen LogP contribution in [-0.4, -0.2) is 40.6 Å². The summed E-state index contributed by atoms with van der Waals surface area (Å²) in [4.78, 5) is 18.9. The number of benzene rings is 1. The lowest BCUT2D eigenvalue weighted by atomic mass is 10.0. The van der Waals surface area contributed by atoms with Crippen LogP contribution in [0.2, 0.25) is 0 Å². The molecular weight excluding hydrogens is 290 g/mol. The minimum Gasteiger partial charge on any atom is -0.497 e. The van der Waals surface area contributed by atoms with Crippen molar-refractivity contribution >= 4 is 5.91 Å². The number of aryl methyl sites for hydroxylation is 2. The lowest BCUT2D eigenvalue weighted by Crippen LogP contribution is -2.39. The van der Waals surface area contributed by atoms with Crippen LogP contribution < -0.4 is 4.74 Å². The van der Waals surface area contributed by atoms with Gasteiger partial charge >= 0.3 is 0 Å². The summed E-state index contributed by atoms with van der Waals surface area (Å²) >= 11 is 0. The first-order valence-corrected chi connectivity index (χ1v) is 8.04. The molecule has 0 atom stereocenters. The van der Waals surface area contributed by atoms with E-state index in [1.165, 1.54) is 5.69 Å². The maximum Gasteiger partial charge on any atom is 0.253 e. The van der Waals surface area contributed by atoms with Gasteiger partial charge in [0, 0.05) is 36.6 Å². The lowest BCUT2D eigenvalue weighted by Gasteiger charge is -2.33. The molecule has 1 fully saturated rings. The molecule has 2 aromatic rings. The van der Waals surface area contributed by atoms with Crippen molar-refractivity contribution in [2.45, 2.75) is 32.7 Å². The Hall–Kier alpha value is -2.30. The predicted octanol–water partition coefficient (Wildman–Crippen LogP) is 2.99. The third-order valence-electron chi connectivity index (χ3n) is 4.62. The van der Waals surface area contributed by atoms with E-state index in [-0.39, 0.29) is 5.91 Å². The van der Waals surface area contributed by atoms with E-state index in [1.807, 2.05) is 42.3 Å². The van der Waals surface area contributed by atoms with Gasteiger partial charge in [0.2, 0.25) is 0 Å². The average Bonchev–Trinajstić information content (AvgIpc) is 2.93. The van der Waals surface area contributed by atoms with Crippen molar-refractivity contribution in [2.75, 3.05) is 20.2 Å². The van der Waals surface area contributed by atoms with Gasteiger partial charge in [-0.3, -0.25) is 4.79 Å². The fourth-order valence-electron chi connectivity index (χ4n) is 3.36. The van der Waals surface area contributed by atoms with Crippen LogP contribution in [0.25, 0.3) is 0 Å². The van der Waals surface area contributed by atoms with Crippen molar-refractivity contribution in [1.82, 2.24) is 14.5 Å². The molecule has 0 spiro atoms. The van der Waals surface area contributed by atoms with Crippen LogP contribution in [0.4, 0.5) is 0 Å². The van der Waals surface area contributed by atoms with Gasteiger partial charge in [0.25, 0.3) is 5.91 Å². The van der Waals surface area contributed by atoms with E-state index in [9.17, 15) is 4.79 Å². The number of hydrogen-bond acceptors (Lipinski definition) is 3. The lowest BCUT2D eigenvalue weighted by molar-refractivity contribution is 0.0693. The summed E-state index contributed by atoms with van der Waals surface area (Å²) < 4.78 is 7.44. The molecule has 1 aliphatic rings. The number of likely N-dealkylation sites (tertiary alicyclic amines) is 1. The highest BCUT2D eigenvalue weighted by Crippen LogP contribution is 2.26. The van der Waals surface area contributed by atoms with Crippen molar-refractivity contribution in [3.8, 4) is 5.75 Å². The number of nitrogens with zero attached hydrogens (tertiary/aromatic N) is 3. The van der Waals surface area contributed by atoms with E-state index < -0.39 is 0 Å². The molecule has 5 nitrogen and oxygen atoms in total. The Morgan fingerprint density at radius 3 is 2.35 bits per heavy atom. The maximum atomic E-state index is 12.6. The number of hydrogen-bond donors (Lipinski definition) is 0. The first-order chi connectivity index (χ1) is 11.1. The van der Waals surface area contributed by atoms with E-state index in [4.69, 9.17) is 4.74 Å². The van der Waals surface area contributed by atoms with Crippen LogP contribution in [0, 0.1) is 13.8 Å². The molecule has 1 saturated heterocycles. The third-order valence-corrected chi connectivity index (χ3v) is 4.62. The number of aromatic nitrogens is 2. The standard InChI is InChI=1S/C18H23N3O2/c1-13-12-19-14(2)21(13)16-8-10-20(11-9-16)18(22)15-4-6-17(23-3)7-5-15/h4-7,12,16H,8-11H2,1-3H3. The highest BCUT2D eigenvalue weighted by atomic mass is 16.5. The molecule has 122 valence electrons. The van der Waals surface area contributed by atoms with Crippen molar-refractivity contribution in [3.63, 3.8) is 0 Å². The number of imidazole rings is 1. The summed E-state index contributed by atoms with van der Waals surface area (Å²) in [7, 11) is 1.63. The summed E-state index contributed by atoms with van der Waals surface area (Å²) in [6, 6.07) is 7.77. The molecule has 0 aliphatic carbocycles. The minimum absolute atomic E-state index is 0.102. The molecule has 1 aliphatic heterocycles. The van der Waals surface area contributed by atoms with Gasteiger partial charge in [0.05, 0.1) is 7.11 Å². The zero-order valence-corrected chi connectivity index (χ0v) is 14.0. The molecular formula is C18H23N3O2. The number of methoxy groups -OCH3 is 1. The van der Waals surface area contributed by atoms with Gasteiger partial charge in [-0.2, -0.15) is 0 Å². The van der Waals surface area contributed by atoms with Crippen LogP contribution in [0.1, 0.15) is 40.8 Å². The number of rotatable bonds is 3. The topological polar surface area (TPSA) is 47.4 Å². The molecule has 0 unspecified atom stereocenters. The summed E-state index contributed by atoms with van der Waals surface area (Å²) in [5.74, 6) is 1.93. The molecule has 1 aromatic heterocycles. The predicted molar refractivity (Wildman–Crippen MR) is 88.9 cm³/mol.